The fourth-order valence-corrected chi connectivity index (χ4v) is 1.87. The number of ether oxygens (including phenoxy) is 1. The number of carbonyl (C=O) groups is 1. The van der Waals surface area contributed by atoms with E-state index in [0.29, 0.717) is 23.7 Å². The summed E-state index contributed by atoms with van der Waals surface area (Å²) in [5, 5.41) is 16.0. The minimum atomic E-state index is -0.213. The van der Waals surface area contributed by atoms with Crippen LogP contribution in [0.25, 0.3) is 0 Å². The van der Waals surface area contributed by atoms with Crippen LogP contribution >= 0.6 is 0 Å². The second-order valence-electron chi connectivity index (χ2n) is 4.68. The van der Waals surface area contributed by atoms with Gasteiger partial charge < -0.3 is 10.1 Å². The predicted molar refractivity (Wildman–Crippen MR) is 80.4 cm³/mol. The fraction of sp³-hybridized carbons (Fsp3) is 0.133. The molecule has 2 aromatic heterocycles. The number of hydrogen-bond donors (Lipinski definition) is 2. The van der Waals surface area contributed by atoms with Crippen molar-refractivity contribution < 1.29 is 9.53 Å². The first kappa shape index (κ1) is 14.6. The normalized spacial score (nSPS) is 10.3. The van der Waals surface area contributed by atoms with E-state index in [2.05, 4.69) is 30.9 Å². The number of pyridine rings is 1. The van der Waals surface area contributed by atoms with E-state index in [0.717, 1.165) is 5.56 Å². The Morgan fingerprint density at radius 3 is 2.61 bits per heavy atom. The molecule has 0 saturated carbocycles. The van der Waals surface area contributed by atoms with Crippen molar-refractivity contribution in [2.75, 3.05) is 0 Å². The van der Waals surface area contributed by atoms with Gasteiger partial charge in [0.25, 0.3) is 5.91 Å². The summed E-state index contributed by atoms with van der Waals surface area (Å²) in [6.45, 7) is 0.668. The molecule has 0 saturated heterocycles. The van der Waals surface area contributed by atoms with Crippen LogP contribution in [0.4, 0.5) is 0 Å². The lowest BCUT2D eigenvalue weighted by molar-refractivity contribution is 0.0950. The van der Waals surface area contributed by atoms with Crippen LogP contribution in [-0.4, -0.2) is 31.5 Å². The van der Waals surface area contributed by atoms with Crippen molar-refractivity contribution in [1.29, 1.82) is 0 Å². The van der Waals surface area contributed by atoms with Crippen LogP contribution in [0.5, 0.6) is 5.75 Å². The van der Waals surface area contributed by atoms with Gasteiger partial charge in [0.15, 0.2) is 5.82 Å². The van der Waals surface area contributed by atoms with E-state index in [1.165, 1.54) is 0 Å². The zero-order valence-electron chi connectivity index (χ0n) is 12.1. The highest BCUT2D eigenvalue weighted by Gasteiger charge is 2.07. The summed E-state index contributed by atoms with van der Waals surface area (Å²) in [5.41, 5.74) is 1.56. The Balaban J connectivity index is 1.53. The molecule has 0 atom stereocenters. The molecule has 8 nitrogen and oxygen atoms in total. The molecule has 8 heteroatoms. The average molecular weight is 310 g/mol. The maximum absolute atomic E-state index is 12.0. The molecule has 0 bridgehead atoms. The molecule has 0 fully saturated rings. The second kappa shape index (κ2) is 7.12. The number of nitrogens with zero attached hydrogens (tertiary/aromatic N) is 4. The summed E-state index contributed by atoms with van der Waals surface area (Å²) in [5.74, 6) is 0.905. The first-order valence-corrected chi connectivity index (χ1v) is 6.93. The number of H-pyrrole nitrogens is 1. The number of hydrogen-bond acceptors (Lipinski definition) is 6. The van der Waals surface area contributed by atoms with Crippen LogP contribution in [0.2, 0.25) is 0 Å². The maximum Gasteiger partial charge on any atom is 0.251 e. The molecule has 2 heterocycles. The zero-order chi connectivity index (χ0) is 15.9. The van der Waals surface area contributed by atoms with Crippen LogP contribution in [0, 0.1) is 0 Å². The Labute approximate surface area is 131 Å². The molecule has 1 amide bonds. The van der Waals surface area contributed by atoms with Crippen molar-refractivity contribution >= 4 is 5.91 Å². The van der Waals surface area contributed by atoms with E-state index < -0.39 is 0 Å². The average Bonchev–Trinajstić information content (AvgIpc) is 3.13. The quantitative estimate of drug-likeness (QED) is 0.706. The molecule has 3 rings (SSSR count). The van der Waals surface area contributed by atoms with Crippen molar-refractivity contribution in [3.63, 3.8) is 0 Å². The lowest BCUT2D eigenvalue weighted by Crippen LogP contribution is -2.23. The molecule has 0 aliphatic rings. The van der Waals surface area contributed by atoms with E-state index in [1.807, 2.05) is 12.1 Å². The van der Waals surface area contributed by atoms with Crippen LogP contribution in [0.3, 0.4) is 0 Å². The Morgan fingerprint density at radius 2 is 1.91 bits per heavy atom. The van der Waals surface area contributed by atoms with Gasteiger partial charge in [0.1, 0.15) is 12.4 Å². The monoisotopic (exact) mass is 310 g/mol. The van der Waals surface area contributed by atoms with Gasteiger partial charge >= 0.3 is 0 Å². The molecule has 3 aromatic rings. The highest BCUT2D eigenvalue weighted by atomic mass is 16.5. The summed E-state index contributed by atoms with van der Waals surface area (Å²) in [6.07, 6.45) is 3.44. The molecule has 0 unspecified atom stereocenters. The lowest BCUT2D eigenvalue weighted by atomic mass is 10.2. The molecule has 2 N–H and O–H groups in total. The van der Waals surface area contributed by atoms with Gasteiger partial charge in [0, 0.05) is 18.0 Å². The number of aromatic amines is 1. The molecule has 1 aromatic carbocycles. The minimum absolute atomic E-state index is 0.213. The molecular formula is C15H14N6O2. The molecule has 116 valence electrons. The number of benzene rings is 1. The van der Waals surface area contributed by atoms with Crippen molar-refractivity contribution in [3.8, 4) is 5.75 Å². The SMILES string of the molecule is O=C(NCc1nn[nH]n1)c1ccc(OCc2ccncc2)cc1. The largest absolute Gasteiger partial charge is 0.489 e. The molecule has 23 heavy (non-hydrogen) atoms. The zero-order valence-corrected chi connectivity index (χ0v) is 12.1. The third-order valence-electron chi connectivity index (χ3n) is 3.07. The maximum atomic E-state index is 12.0. The Kier molecular flexibility index (Phi) is 4.53. The summed E-state index contributed by atoms with van der Waals surface area (Å²) < 4.78 is 5.65. The van der Waals surface area contributed by atoms with Crippen molar-refractivity contribution in [2.24, 2.45) is 0 Å². The molecule has 0 radical (unpaired) electrons. The van der Waals surface area contributed by atoms with Crippen LogP contribution < -0.4 is 10.1 Å². The van der Waals surface area contributed by atoms with E-state index >= 15 is 0 Å². The highest BCUT2D eigenvalue weighted by Crippen LogP contribution is 2.14. The second-order valence-corrected chi connectivity index (χ2v) is 4.68. The Morgan fingerprint density at radius 1 is 1.13 bits per heavy atom. The number of aromatic nitrogens is 5. The summed E-state index contributed by atoms with van der Waals surface area (Å²) in [7, 11) is 0. The first-order chi connectivity index (χ1) is 11.3. The van der Waals surface area contributed by atoms with Crippen molar-refractivity contribution in [1.82, 2.24) is 30.9 Å². The third-order valence-corrected chi connectivity index (χ3v) is 3.07. The number of rotatable bonds is 6. The Bertz CT molecular complexity index is 743. The molecule has 0 aliphatic heterocycles. The lowest BCUT2D eigenvalue weighted by Gasteiger charge is -2.07. The van der Waals surface area contributed by atoms with Crippen LogP contribution in [0.1, 0.15) is 21.7 Å². The van der Waals surface area contributed by atoms with Gasteiger partial charge in [-0.25, -0.2) is 0 Å². The van der Waals surface area contributed by atoms with Gasteiger partial charge in [0.05, 0.1) is 6.54 Å². The van der Waals surface area contributed by atoms with Gasteiger partial charge in [0.2, 0.25) is 0 Å². The van der Waals surface area contributed by atoms with Crippen molar-refractivity contribution in [3.05, 3.63) is 65.7 Å². The number of carbonyl (C=O) groups excluding carboxylic acids is 1. The Hall–Kier alpha value is -3.29. The van der Waals surface area contributed by atoms with Gasteiger partial charge in [-0.3, -0.25) is 9.78 Å². The van der Waals surface area contributed by atoms with Gasteiger partial charge in [-0.15, -0.1) is 10.2 Å². The van der Waals surface area contributed by atoms with E-state index in [4.69, 9.17) is 4.74 Å². The van der Waals surface area contributed by atoms with E-state index in [9.17, 15) is 4.79 Å². The number of nitrogens with one attached hydrogen (secondary N) is 2. The number of tetrazole rings is 1. The first-order valence-electron chi connectivity index (χ1n) is 6.93. The molecule has 0 spiro atoms. The molecular weight excluding hydrogens is 296 g/mol. The van der Waals surface area contributed by atoms with Crippen LogP contribution in [-0.2, 0) is 13.2 Å². The molecule has 0 aliphatic carbocycles. The predicted octanol–water partition coefficient (Wildman–Crippen LogP) is 1.10. The summed E-state index contributed by atoms with van der Waals surface area (Å²) in [6, 6.07) is 10.7. The summed E-state index contributed by atoms with van der Waals surface area (Å²) >= 11 is 0. The van der Waals surface area contributed by atoms with Gasteiger partial charge in [-0.05, 0) is 42.0 Å². The smallest absolute Gasteiger partial charge is 0.251 e. The third kappa shape index (κ3) is 4.10. The van der Waals surface area contributed by atoms with Crippen LogP contribution in [0.15, 0.2) is 48.8 Å². The number of amides is 1. The van der Waals surface area contributed by atoms with Crippen molar-refractivity contribution in [2.45, 2.75) is 13.2 Å². The fourth-order valence-electron chi connectivity index (χ4n) is 1.87. The highest BCUT2D eigenvalue weighted by molar-refractivity contribution is 5.94. The summed E-state index contributed by atoms with van der Waals surface area (Å²) in [4.78, 5) is 15.9. The topological polar surface area (TPSA) is 106 Å². The van der Waals surface area contributed by atoms with Gasteiger partial charge in [-0.1, -0.05) is 5.21 Å². The minimum Gasteiger partial charge on any atom is -0.489 e. The van der Waals surface area contributed by atoms with Gasteiger partial charge in [-0.2, -0.15) is 5.21 Å². The van der Waals surface area contributed by atoms with E-state index in [-0.39, 0.29) is 12.5 Å². The van der Waals surface area contributed by atoms with E-state index in [1.54, 1.807) is 36.7 Å². The standard InChI is InChI=1S/C15H14N6O2/c22-15(17-9-14-18-20-21-19-14)12-1-3-13(4-2-12)23-10-11-5-7-16-8-6-11/h1-8H,9-10H2,(H,17,22)(H,18,19,20,21).